The summed E-state index contributed by atoms with van der Waals surface area (Å²) in [5, 5.41) is 8.52. The monoisotopic (exact) mass is 422 g/mol. The van der Waals surface area contributed by atoms with Gasteiger partial charge in [-0.3, -0.25) is 9.78 Å². The molecule has 9 nitrogen and oxygen atoms in total. The molecule has 0 spiro atoms. The first kappa shape index (κ1) is 18.4. The van der Waals surface area contributed by atoms with Gasteiger partial charge in [0.25, 0.3) is 5.91 Å². The van der Waals surface area contributed by atoms with Crippen LogP contribution < -0.4 is 0 Å². The fourth-order valence-corrected chi connectivity index (χ4v) is 3.56. The topological polar surface area (TPSA) is 111 Å². The number of halogens is 1. The second-order valence-electron chi connectivity index (χ2n) is 6.90. The van der Waals surface area contributed by atoms with Gasteiger partial charge in [-0.15, -0.1) is 0 Å². The van der Waals surface area contributed by atoms with Crippen molar-refractivity contribution in [2.75, 3.05) is 13.1 Å². The lowest BCUT2D eigenvalue weighted by atomic mass is 9.97. The zero-order valence-corrected chi connectivity index (χ0v) is 16.6. The zero-order valence-electron chi connectivity index (χ0n) is 15.8. The lowest BCUT2D eigenvalue weighted by Gasteiger charge is -2.37. The SMILES string of the molecule is Cc1onc(-c2ccccc2Cl)c1C(=O)N1CC(c2nc(-c3cnccn3)no2)C1. The van der Waals surface area contributed by atoms with Crippen LogP contribution in [0.1, 0.15) is 27.9 Å². The van der Waals surface area contributed by atoms with Gasteiger partial charge < -0.3 is 13.9 Å². The van der Waals surface area contributed by atoms with Gasteiger partial charge in [-0.25, -0.2) is 4.98 Å². The van der Waals surface area contributed by atoms with E-state index >= 15 is 0 Å². The van der Waals surface area contributed by atoms with Crippen molar-refractivity contribution in [1.82, 2.24) is 30.2 Å². The Labute approximate surface area is 175 Å². The summed E-state index contributed by atoms with van der Waals surface area (Å²) in [4.78, 5) is 27.4. The maximum atomic E-state index is 13.1. The van der Waals surface area contributed by atoms with E-state index in [2.05, 4.69) is 25.3 Å². The summed E-state index contributed by atoms with van der Waals surface area (Å²) in [6.45, 7) is 2.62. The molecule has 1 aromatic carbocycles. The first-order valence-electron chi connectivity index (χ1n) is 9.22. The van der Waals surface area contributed by atoms with Crippen molar-refractivity contribution in [2.24, 2.45) is 0 Å². The summed E-state index contributed by atoms with van der Waals surface area (Å²) in [6, 6.07) is 7.21. The van der Waals surface area contributed by atoms with E-state index in [1.807, 2.05) is 18.2 Å². The van der Waals surface area contributed by atoms with E-state index in [9.17, 15) is 4.79 Å². The average molecular weight is 423 g/mol. The molecule has 0 radical (unpaired) electrons. The highest BCUT2D eigenvalue weighted by Gasteiger charge is 2.38. The number of amides is 1. The molecule has 5 rings (SSSR count). The normalized spacial score (nSPS) is 14.0. The number of nitrogens with zero attached hydrogens (tertiary/aromatic N) is 6. The molecule has 1 aliphatic rings. The molecule has 0 N–H and O–H groups in total. The van der Waals surface area contributed by atoms with Gasteiger partial charge >= 0.3 is 0 Å². The van der Waals surface area contributed by atoms with Crippen LogP contribution in [0.4, 0.5) is 0 Å². The summed E-state index contributed by atoms with van der Waals surface area (Å²) in [7, 11) is 0. The smallest absolute Gasteiger partial charge is 0.259 e. The molecule has 3 aromatic heterocycles. The average Bonchev–Trinajstić information content (AvgIpc) is 3.35. The number of carbonyl (C=O) groups is 1. The molecule has 30 heavy (non-hydrogen) atoms. The van der Waals surface area contributed by atoms with Crippen LogP contribution in [0, 0.1) is 6.92 Å². The van der Waals surface area contributed by atoms with Gasteiger partial charge in [0.15, 0.2) is 0 Å². The predicted molar refractivity (Wildman–Crippen MR) is 106 cm³/mol. The van der Waals surface area contributed by atoms with Crippen molar-refractivity contribution >= 4 is 17.5 Å². The van der Waals surface area contributed by atoms with Crippen molar-refractivity contribution in [3.8, 4) is 22.8 Å². The highest BCUT2D eigenvalue weighted by Crippen LogP contribution is 2.34. The van der Waals surface area contributed by atoms with Crippen molar-refractivity contribution in [3.05, 3.63) is 65.1 Å². The minimum absolute atomic E-state index is 0.0456. The van der Waals surface area contributed by atoms with Crippen LogP contribution >= 0.6 is 11.6 Å². The number of likely N-dealkylation sites (tertiary alicyclic amines) is 1. The van der Waals surface area contributed by atoms with E-state index < -0.39 is 0 Å². The molecule has 4 aromatic rings. The molecule has 4 heterocycles. The minimum Gasteiger partial charge on any atom is -0.360 e. The van der Waals surface area contributed by atoms with Gasteiger partial charge in [0.2, 0.25) is 11.7 Å². The largest absolute Gasteiger partial charge is 0.360 e. The van der Waals surface area contributed by atoms with Gasteiger partial charge in [-0.05, 0) is 13.0 Å². The van der Waals surface area contributed by atoms with Gasteiger partial charge in [-0.2, -0.15) is 4.98 Å². The standard InChI is InChI=1S/C20H15ClN6O3/c1-11-16(17(25-29-11)13-4-2-3-5-14(13)21)20(28)27-9-12(10-27)19-24-18(26-30-19)15-8-22-6-7-23-15/h2-8,12H,9-10H2,1H3. The van der Waals surface area contributed by atoms with Crippen LogP contribution in [0.2, 0.25) is 5.02 Å². The number of aryl methyl sites for hydroxylation is 1. The van der Waals surface area contributed by atoms with Crippen LogP contribution in [0.5, 0.6) is 0 Å². The van der Waals surface area contributed by atoms with Gasteiger partial charge in [0, 0.05) is 31.0 Å². The van der Waals surface area contributed by atoms with E-state index in [1.54, 1.807) is 36.5 Å². The molecule has 0 saturated carbocycles. The Morgan fingerprint density at radius 3 is 2.77 bits per heavy atom. The maximum Gasteiger partial charge on any atom is 0.259 e. The van der Waals surface area contributed by atoms with Crippen LogP contribution in [-0.2, 0) is 0 Å². The summed E-state index contributed by atoms with van der Waals surface area (Å²) in [6.07, 6.45) is 4.70. The first-order valence-corrected chi connectivity index (χ1v) is 9.60. The van der Waals surface area contributed by atoms with Crippen molar-refractivity contribution in [2.45, 2.75) is 12.8 Å². The lowest BCUT2D eigenvalue weighted by Crippen LogP contribution is -2.48. The van der Waals surface area contributed by atoms with Crippen molar-refractivity contribution in [3.63, 3.8) is 0 Å². The molecule has 0 aliphatic carbocycles. The fraction of sp³-hybridized carbons (Fsp3) is 0.200. The summed E-state index contributed by atoms with van der Waals surface area (Å²) in [5.41, 5.74) is 2.03. The Kier molecular flexibility index (Phi) is 4.51. The first-order chi connectivity index (χ1) is 14.6. The minimum atomic E-state index is -0.173. The number of carbonyl (C=O) groups excluding carboxylic acids is 1. The second kappa shape index (κ2) is 7.34. The number of hydrogen-bond acceptors (Lipinski definition) is 8. The van der Waals surface area contributed by atoms with E-state index in [0.29, 0.717) is 58.1 Å². The second-order valence-corrected chi connectivity index (χ2v) is 7.30. The number of rotatable bonds is 4. The summed E-state index contributed by atoms with van der Waals surface area (Å²) >= 11 is 6.28. The Balaban J connectivity index is 1.33. The zero-order chi connectivity index (χ0) is 20.7. The molecule has 10 heteroatoms. The highest BCUT2D eigenvalue weighted by molar-refractivity contribution is 6.33. The third-order valence-electron chi connectivity index (χ3n) is 4.96. The quantitative estimate of drug-likeness (QED) is 0.492. The molecule has 150 valence electrons. The van der Waals surface area contributed by atoms with Crippen molar-refractivity contribution in [1.29, 1.82) is 0 Å². The molecular weight excluding hydrogens is 408 g/mol. The summed E-state index contributed by atoms with van der Waals surface area (Å²) < 4.78 is 10.7. The highest BCUT2D eigenvalue weighted by atomic mass is 35.5. The molecule has 0 atom stereocenters. The molecule has 1 amide bonds. The van der Waals surface area contributed by atoms with Crippen molar-refractivity contribution < 1.29 is 13.8 Å². The van der Waals surface area contributed by atoms with Crippen LogP contribution in [-0.4, -0.2) is 49.2 Å². The molecule has 1 saturated heterocycles. The van der Waals surface area contributed by atoms with Gasteiger partial charge in [0.1, 0.15) is 22.7 Å². The van der Waals surface area contributed by atoms with Gasteiger partial charge in [-0.1, -0.05) is 40.1 Å². The van der Waals surface area contributed by atoms with E-state index in [0.717, 1.165) is 0 Å². The van der Waals surface area contributed by atoms with Crippen LogP contribution in [0.3, 0.4) is 0 Å². The Morgan fingerprint density at radius 2 is 2.00 bits per heavy atom. The van der Waals surface area contributed by atoms with E-state index in [-0.39, 0.29) is 11.8 Å². The lowest BCUT2D eigenvalue weighted by molar-refractivity contribution is 0.0568. The summed E-state index contributed by atoms with van der Waals surface area (Å²) in [5.74, 6) is 1.07. The molecular formula is C20H15ClN6O3. The Bertz CT molecular complexity index is 1220. The predicted octanol–water partition coefficient (Wildman–Crippen LogP) is 3.38. The molecule has 1 fully saturated rings. The third-order valence-corrected chi connectivity index (χ3v) is 5.29. The maximum absolute atomic E-state index is 13.1. The molecule has 0 bridgehead atoms. The van der Waals surface area contributed by atoms with Crippen LogP contribution in [0.25, 0.3) is 22.8 Å². The van der Waals surface area contributed by atoms with E-state index in [1.165, 1.54) is 0 Å². The number of benzene rings is 1. The Hall–Kier alpha value is -3.59. The van der Waals surface area contributed by atoms with Gasteiger partial charge in [0.05, 0.1) is 17.1 Å². The third kappa shape index (κ3) is 3.13. The van der Waals surface area contributed by atoms with Crippen LogP contribution in [0.15, 0.2) is 51.9 Å². The number of aromatic nitrogens is 5. The van der Waals surface area contributed by atoms with E-state index in [4.69, 9.17) is 20.6 Å². The molecule has 0 unspecified atom stereocenters. The fourth-order valence-electron chi connectivity index (χ4n) is 3.34. The molecule has 1 aliphatic heterocycles. The Morgan fingerprint density at radius 1 is 1.17 bits per heavy atom. The number of hydrogen-bond donors (Lipinski definition) is 0.